The van der Waals surface area contributed by atoms with Gasteiger partial charge in [-0.2, -0.15) is 26.3 Å². The molecule has 38 heteroatoms. The fourth-order valence-corrected chi connectivity index (χ4v) is 15.7. The lowest BCUT2D eigenvalue weighted by Crippen LogP contribution is -2.26. The van der Waals surface area contributed by atoms with Gasteiger partial charge in [0, 0.05) is 79.3 Å². The largest absolute Gasteiger partial charge is 0.490 e. The zero-order valence-corrected chi connectivity index (χ0v) is 68.4. The van der Waals surface area contributed by atoms with Gasteiger partial charge >= 0.3 is 24.3 Å². The molecule has 2 amide bonds. The Morgan fingerprint density at radius 3 is 1.54 bits per heavy atom. The van der Waals surface area contributed by atoms with Crippen molar-refractivity contribution < 1.29 is 83.5 Å². The molecular formula is C85H70F7N15O11S5. The molecular weight excluding hydrogens is 1700 g/mol. The summed E-state index contributed by atoms with van der Waals surface area (Å²) in [6.07, 6.45) is -7.06. The third-order valence-corrected chi connectivity index (χ3v) is 22.5. The van der Waals surface area contributed by atoms with E-state index < -0.39 is 42.6 Å². The normalized spacial score (nSPS) is 11.7. The molecule has 16 aromatic rings. The van der Waals surface area contributed by atoms with Gasteiger partial charge in [-0.3, -0.25) is 31.2 Å². The summed E-state index contributed by atoms with van der Waals surface area (Å²) in [7, 11) is 5.25. The molecule has 0 radical (unpaired) electrons. The SMILES string of the molecule is CN(C)C(=O)c1ccc(NC(=O)C(Oc2cccc3sc(C(=N)N)cc23)c2ccccc2)cc1.Cn1nnc2cc(COc3ccc4cc(C(=N)N)sc4c3)ccc21.N=C(N)c1cc2ccc(OC(c3ccc(F)cc3)c3nccs3)cc2s1.N=C(N)c1cc2ccc(OC(c3ccccc3)c3ncco3)cc2s1.O=C(O)C(F)(F)F.O=C(O)C(F)(F)F. The standard InChI is InChI=1S/C26H24N4O3S.C19H14FN3OS2.C19H15N3O2S.C17H15N5OS.2C2HF3O2/c1-30(2)26(32)17-11-13-18(14-12-17)29-25(31)23(16-7-4-3-5-8-16)33-20-9-6-10-21-19(20)15-22(34-21)24(27)28;20-13-4-1-11(2-5-13)17(19-23-7-8-25-19)24-14-6-3-12-9-16(18(21)22)26-15(12)10-14;20-18(21)16-10-13-6-7-14(11-15(13)25-16)24-17(19-22-8-9-23-19)12-4-2-1-3-5-12;1-22-14-5-2-10(6-13(14)20-21-22)9-23-12-4-3-11-7-16(17(18)19)24-15(11)8-12;2*3-2(4,5)1(6)7/h3-15,23H,1-2H3,(H3,27,28)(H,29,31);1-10,17H,(H3,21,22);1-11,17H,(H3,20,21);2-8H,9H2,1H3,(H3,18,19);2*(H,6,7). The number of thiophene rings is 4. The van der Waals surface area contributed by atoms with E-state index in [1.807, 2.05) is 176 Å². The molecule has 3 atom stereocenters. The van der Waals surface area contributed by atoms with Gasteiger partial charge < -0.3 is 66.7 Å². The smallest absolute Gasteiger partial charge is 0.489 e. The van der Waals surface area contributed by atoms with E-state index in [0.29, 0.717) is 51.4 Å². The summed E-state index contributed by atoms with van der Waals surface area (Å²) >= 11 is 7.30. The number of amides is 2. The fraction of sp³-hybridized carbons (Fsp3) is 0.106. The highest BCUT2D eigenvalue weighted by Gasteiger charge is 2.39. The molecule has 0 aliphatic rings. The van der Waals surface area contributed by atoms with Gasteiger partial charge in [-0.1, -0.05) is 90.1 Å². The number of hydrogen-bond donors (Lipinski definition) is 11. The van der Waals surface area contributed by atoms with Crippen molar-refractivity contribution in [2.75, 3.05) is 19.4 Å². The molecule has 15 N–H and O–H groups in total. The maximum Gasteiger partial charge on any atom is 0.490 e. The highest BCUT2D eigenvalue weighted by atomic mass is 32.1. The Morgan fingerprint density at radius 1 is 0.545 bits per heavy atom. The van der Waals surface area contributed by atoms with Crippen molar-refractivity contribution in [3.63, 3.8) is 0 Å². The van der Waals surface area contributed by atoms with Crippen LogP contribution < -0.4 is 47.2 Å². The van der Waals surface area contributed by atoms with Crippen LogP contribution in [0.3, 0.4) is 0 Å². The quantitative estimate of drug-likeness (QED) is 0.0181. The molecule has 26 nitrogen and oxygen atoms in total. The highest BCUT2D eigenvalue weighted by Crippen LogP contribution is 2.39. The highest BCUT2D eigenvalue weighted by molar-refractivity contribution is 7.22. The van der Waals surface area contributed by atoms with Crippen LogP contribution in [0.15, 0.2) is 253 Å². The minimum Gasteiger partial charge on any atom is -0.489 e. The summed E-state index contributed by atoms with van der Waals surface area (Å²) in [5, 5.41) is 62.3. The van der Waals surface area contributed by atoms with Crippen LogP contribution >= 0.6 is 56.7 Å². The Morgan fingerprint density at radius 2 is 1.04 bits per heavy atom. The zero-order chi connectivity index (χ0) is 88.4. The Bertz CT molecular complexity index is 6400. The molecule has 0 bridgehead atoms. The topological polar surface area (TPSA) is 430 Å². The predicted octanol–water partition coefficient (Wildman–Crippen LogP) is 18.2. The number of nitrogen functional groups attached to an aromatic ring is 4. The number of carboxylic acid groups (broad SMARTS) is 2. The number of alkyl halides is 6. The maximum absolute atomic E-state index is 13.3. The van der Waals surface area contributed by atoms with Gasteiger partial charge in [0.1, 0.15) is 75.6 Å². The van der Waals surface area contributed by atoms with Gasteiger partial charge in [0.05, 0.1) is 31.2 Å². The molecule has 0 saturated carbocycles. The summed E-state index contributed by atoms with van der Waals surface area (Å²) in [5.74, 6) is -2.85. The van der Waals surface area contributed by atoms with Crippen LogP contribution in [-0.2, 0) is 28.0 Å². The minimum absolute atomic E-state index is 0.0132. The van der Waals surface area contributed by atoms with Crippen LogP contribution in [0.5, 0.6) is 23.0 Å². The van der Waals surface area contributed by atoms with Crippen molar-refractivity contribution in [2.24, 2.45) is 30.0 Å². The second kappa shape index (κ2) is 40.1. The van der Waals surface area contributed by atoms with E-state index in [0.717, 1.165) is 93.5 Å². The molecule has 16 rings (SSSR count). The second-order valence-corrected chi connectivity index (χ2v) is 31.4. The molecule has 0 fully saturated rings. The number of carbonyl (C=O) groups excluding carboxylic acids is 2. The van der Waals surface area contributed by atoms with Crippen molar-refractivity contribution in [2.45, 2.75) is 37.3 Å². The van der Waals surface area contributed by atoms with Crippen LogP contribution in [-0.4, -0.2) is 114 Å². The molecule has 7 aromatic heterocycles. The first-order chi connectivity index (χ1) is 58.6. The van der Waals surface area contributed by atoms with E-state index in [-0.39, 0.29) is 41.0 Å². The predicted molar refractivity (Wildman–Crippen MR) is 461 cm³/mol. The van der Waals surface area contributed by atoms with Crippen LogP contribution in [0.25, 0.3) is 51.4 Å². The van der Waals surface area contributed by atoms with Crippen molar-refractivity contribution in [3.8, 4) is 23.0 Å². The lowest BCUT2D eigenvalue weighted by molar-refractivity contribution is -0.193. The van der Waals surface area contributed by atoms with E-state index in [4.69, 9.17) is 87.7 Å². The van der Waals surface area contributed by atoms with Crippen LogP contribution in [0, 0.1) is 27.5 Å². The Kier molecular flexibility index (Phi) is 29.1. The molecule has 630 valence electrons. The average Bonchev–Trinajstić information content (AvgIpc) is 1.66. The number of halogens is 7. The van der Waals surface area contributed by atoms with Crippen molar-refractivity contribution in [1.29, 1.82) is 21.6 Å². The lowest BCUT2D eigenvalue weighted by Gasteiger charge is -2.20. The number of oxazole rings is 1. The van der Waals surface area contributed by atoms with E-state index >= 15 is 0 Å². The number of hydrogen-bond acceptors (Lipinski definition) is 22. The number of anilines is 1. The molecule has 7 heterocycles. The monoisotopic (exact) mass is 1770 g/mol. The first kappa shape index (κ1) is 89.3. The number of nitrogens with zero attached hydrogens (tertiary/aromatic N) is 6. The third-order valence-electron chi connectivity index (χ3n) is 17.1. The number of benzene rings is 9. The second-order valence-electron chi connectivity index (χ2n) is 26.2. The molecule has 9 aromatic carbocycles. The molecule has 0 aliphatic heterocycles. The Hall–Kier alpha value is -14.5. The number of aromatic nitrogens is 5. The van der Waals surface area contributed by atoms with Gasteiger partial charge in [0.25, 0.3) is 11.8 Å². The van der Waals surface area contributed by atoms with Gasteiger partial charge in [0.15, 0.2) is 12.2 Å². The minimum atomic E-state index is -5.08. The maximum atomic E-state index is 13.3. The first-order valence-electron chi connectivity index (χ1n) is 35.9. The molecule has 0 spiro atoms. The summed E-state index contributed by atoms with van der Waals surface area (Å²) in [6, 6.07) is 68.6. The number of aryl methyl sites for hydroxylation is 1. The van der Waals surface area contributed by atoms with E-state index in [2.05, 4.69) is 25.6 Å². The number of thiazole rings is 1. The number of aliphatic carboxylic acids is 2. The number of nitrogens with two attached hydrogens (primary N) is 4. The van der Waals surface area contributed by atoms with E-state index in [9.17, 15) is 40.3 Å². The van der Waals surface area contributed by atoms with Gasteiger partial charge in [-0.05, 0) is 167 Å². The van der Waals surface area contributed by atoms with E-state index in [1.54, 1.807) is 79.7 Å². The number of amidine groups is 4. The van der Waals surface area contributed by atoms with Gasteiger partial charge in [-0.25, -0.2) is 28.6 Å². The Labute approximate surface area is 713 Å². The van der Waals surface area contributed by atoms with Crippen LogP contribution in [0.4, 0.5) is 36.4 Å². The zero-order valence-electron chi connectivity index (χ0n) is 64.4. The van der Waals surface area contributed by atoms with Crippen LogP contribution in [0.1, 0.15) is 81.3 Å². The molecule has 0 aliphatic carbocycles. The summed E-state index contributed by atoms with van der Waals surface area (Å²) < 4.78 is 112. The molecule has 123 heavy (non-hydrogen) atoms. The fourth-order valence-electron chi connectivity index (χ4n) is 11.3. The number of ether oxygens (including phenoxy) is 4. The summed E-state index contributed by atoms with van der Waals surface area (Å²) in [4.78, 5) is 56.2. The number of nitrogens with one attached hydrogen (secondary N) is 5. The number of fused-ring (bicyclic) bond motifs is 5. The van der Waals surface area contributed by atoms with Crippen molar-refractivity contribution in [3.05, 3.63) is 313 Å². The number of carbonyl (C=O) groups is 4. The van der Waals surface area contributed by atoms with Crippen molar-refractivity contribution in [1.82, 2.24) is 29.9 Å². The molecule has 0 saturated heterocycles. The van der Waals surface area contributed by atoms with E-state index in [1.165, 1.54) is 80.0 Å². The summed E-state index contributed by atoms with van der Waals surface area (Å²) in [6.45, 7) is 0.461. The third kappa shape index (κ3) is 24.0. The lowest BCUT2D eigenvalue weighted by atomic mass is 10.1. The summed E-state index contributed by atoms with van der Waals surface area (Å²) in [5.41, 5.74) is 28.8. The van der Waals surface area contributed by atoms with Crippen LogP contribution in [0.2, 0.25) is 0 Å². The van der Waals surface area contributed by atoms with Gasteiger partial charge in [0.2, 0.25) is 12.0 Å². The first-order valence-corrected chi connectivity index (χ1v) is 40.1. The number of carboxylic acids is 2. The van der Waals surface area contributed by atoms with Crippen molar-refractivity contribution >= 4 is 161 Å². The Balaban J connectivity index is 0.000000153. The molecule has 3 unspecified atom stereocenters. The number of rotatable bonds is 21. The average molecular weight is 1770 g/mol. The van der Waals surface area contributed by atoms with Gasteiger partial charge in [-0.15, -0.1) is 61.8 Å².